The zero-order valence-corrected chi connectivity index (χ0v) is 15.1. The van der Waals surface area contributed by atoms with Crippen molar-refractivity contribution in [3.05, 3.63) is 77.9 Å². The van der Waals surface area contributed by atoms with E-state index in [0.717, 1.165) is 12.1 Å². The molecule has 0 bridgehead atoms. The summed E-state index contributed by atoms with van der Waals surface area (Å²) in [6, 6.07) is 22.5. The second-order valence-corrected chi connectivity index (χ2v) is 7.26. The molecule has 0 unspecified atom stereocenters. The summed E-state index contributed by atoms with van der Waals surface area (Å²) in [6.45, 7) is 1.03. The van der Waals surface area contributed by atoms with Crippen molar-refractivity contribution in [2.24, 2.45) is 0 Å². The van der Waals surface area contributed by atoms with E-state index in [1.165, 1.54) is 29.2 Å². The van der Waals surface area contributed by atoms with E-state index in [4.69, 9.17) is 4.74 Å². The third-order valence-corrected chi connectivity index (χ3v) is 5.28. The van der Waals surface area contributed by atoms with Crippen LogP contribution in [0.3, 0.4) is 0 Å². The lowest BCUT2D eigenvalue weighted by atomic mass is 9.90. The largest absolute Gasteiger partial charge is 0.488 e. The average Bonchev–Trinajstić information content (AvgIpc) is 3.47. The van der Waals surface area contributed by atoms with Crippen molar-refractivity contribution < 1.29 is 13.5 Å². The molecule has 0 heterocycles. The first-order chi connectivity index (χ1) is 13.2. The van der Waals surface area contributed by atoms with Gasteiger partial charge in [-0.2, -0.15) is 0 Å². The molecule has 1 aliphatic carbocycles. The Morgan fingerprint density at radius 2 is 1.74 bits per heavy atom. The van der Waals surface area contributed by atoms with Crippen LogP contribution in [0.4, 0.5) is 8.78 Å². The molecule has 4 rings (SSSR count). The summed E-state index contributed by atoms with van der Waals surface area (Å²) in [5.74, 6) is 0.491. The standard InChI is InChI=1S/C23H23F2NO/c24-22(25)15-27-19-8-3-5-17(13-19)14-26-16-23(11-12-23)21-10-4-7-18-6-1-2-9-20(18)21/h1-10,13,22,26H,11-12,14-16H2. The summed E-state index contributed by atoms with van der Waals surface area (Å²) >= 11 is 0. The summed E-state index contributed by atoms with van der Waals surface area (Å²) in [7, 11) is 0. The fraction of sp³-hybridized carbons (Fsp3) is 0.304. The zero-order chi connectivity index (χ0) is 18.7. The molecule has 4 heteroatoms. The average molecular weight is 367 g/mol. The molecule has 2 nitrogen and oxygen atoms in total. The van der Waals surface area contributed by atoms with E-state index in [1.54, 1.807) is 6.07 Å². The molecule has 0 aliphatic heterocycles. The third kappa shape index (κ3) is 4.11. The van der Waals surface area contributed by atoms with Crippen LogP contribution in [-0.2, 0) is 12.0 Å². The predicted octanol–water partition coefficient (Wildman–Crippen LogP) is 5.31. The van der Waals surface area contributed by atoms with Crippen LogP contribution in [0.15, 0.2) is 66.7 Å². The fourth-order valence-corrected chi connectivity index (χ4v) is 3.73. The lowest BCUT2D eigenvalue weighted by Crippen LogP contribution is -2.26. The van der Waals surface area contributed by atoms with Crippen LogP contribution in [0.1, 0.15) is 24.0 Å². The molecule has 140 valence electrons. The quantitative estimate of drug-likeness (QED) is 0.583. The Bertz CT molecular complexity index is 916. The molecule has 27 heavy (non-hydrogen) atoms. The van der Waals surface area contributed by atoms with E-state index in [9.17, 15) is 8.78 Å². The van der Waals surface area contributed by atoms with Crippen molar-refractivity contribution >= 4 is 10.8 Å². The number of alkyl halides is 2. The number of halogens is 2. The molecule has 0 saturated heterocycles. The Morgan fingerprint density at radius 3 is 2.56 bits per heavy atom. The van der Waals surface area contributed by atoms with Crippen LogP contribution in [0.5, 0.6) is 5.75 Å². The maximum atomic E-state index is 12.3. The molecule has 1 N–H and O–H groups in total. The van der Waals surface area contributed by atoms with Crippen LogP contribution in [0.25, 0.3) is 10.8 Å². The van der Waals surface area contributed by atoms with Gasteiger partial charge in [0.2, 0.25) is 0 Å². The fourth-order valence-electron chi connectivity index (χ4n) is 3.73. The van der Waals surface area contributed by atoms with Crippen molar-refractivity contribution in [1.82, 2.24) is 5.32 Å². The van der Waals surface area contributed by atoms with Gasteiger partial charge in [0.25, 0.3) is 6.43 Å². The lowest BCUT2D eigenvalue weighted by molar-refractivity contribution is 0.0818. The normalized spacial score (nSPS) is 15.2. The molecule has 1 saturated carbocycles. The van der Waals surface area contributed by atoms with Crippen LogP contribution >= 0.6 is 0 Å². The molecule has 0 aromatic heterocycles. The van der Waals surface area contributed by atoms with Gasteiger partial charge in [-0.25, -0.2) is 8.78 Å². The van der Waals surface area contributed by atoms with Crippen molar-refractivity contribution in [2.45, 2.75) is 31.2 Å². The highest BCUT2D eigenvalue weighted by molar-refractivity contribution is 5.87. The minimum absolute atomic E-state index is 0.199. The summed E-state index contributed by atoms with van der Waals surface area (Å²) in [6.07, 6.45) is -0.0842. The van der Waals surface area contributed by atoms with Gasteiger partial charge in [-0.3, -0.25) is 0 Å². The Balaban J connectivity index is 1.41. The smallest absolute Gasteiger partial charge is 0.272 e. The van der Waals surface area contributed by atoms with Gasteiger partial charge >= 0.3 is 0 Å². The van der Waals surface area contributed by atoms with E-state index in [1.807, 2.05) is 18.2 Å². The maximum Gasteiger partial charge on any atom is 0.272 e. The molecule has 0 spiro atoms. The SMILES string of the molecule is FC(F)COc1cccc(CNCC2(c3cccc4ccccc34)CC2)c1. The molecule has 1 fully saturated rings. The first kappa shape index (κ1) is 17.9. The first-order valence-electron chi connectivity index (χ1n) is 9.35. The summed E-state index contributed by atoms with van der Waals surface area (Å²) in [5.41, 5.74) is 2.66. The highest BCUT2D eigenvalue weighted by atomic mass is 19.3. The lowest BCUT2D eigenvalue weighted by Gasteiger charge is -2.19. The molecule has 3 aromatic carbocycles. The van der Waals surface area contributed by atoms with Gasteiger partial charge < -0.3 is 10.1 Å². The van der Waals surface area contributed by atoms with E-state index in [-0.39, 0.29) is 5.41 Å². The molecule has 3 aromatic rings. The topological polar surface area (TPSA) is 21.3 Å². The number of ether oxygens (including phenoxy) is 1. The Hall–Kier alpha value is -2.46. The number of benzene rings is 3. The number of hydrogen-bond donors (Lipinski definition) is 1. The van der Waals surface area contributed by atoms with Crippen LogP contribution in [-0.4, -0.2) is 19.6 Å². The number of rotatable bonds is 8. The molecular weight excluding hydrogens is 344 g/mol. The monoisotopic (exact) mass is 367 g/mol. The van der Waals surface area contributed by atoms with E-state index >= 15 is 0 Å². The maximum absolute atomic E-state index is 12.3. The summed E-state index contributed by atoms with van der Waals surface area (Å²) in [4.78, 5) is 0. The van der Waals surface area contributed by atoms with Gasteiger partial charge in [-0.15, -0.1) is 0 Å². The molecular formula is C23H23F2NO. The van der Waals surface area contributed by atoms with Gasteiger partial charge in [-0.1, -0.05) is 54.6 Å². The Kier molecular flexibility index (Phi) is 5.08. The first-order valence-corrected chi connectivity index (χ1v) is 9.35. The number of nitrogens with one attached hydrogen (secondary N) is 1. The van der Waals surface area contributed by atoms with Gasteiger partial charge in [0, 0.05) is 18.5 Å². The molecule has 0 atom stereocenters. The van der Waals surface area contributed by atoms with Crippen molar-refractivity contribution in [1.29, 1.82) is 0 Å². The predicted molar refractivity (Wildman–Crippen MR) is 105 cm³/mol. The molecule has 1 aliphatic rings. The number of hydrogen-bond acceptors (Lipinski definition) is 2. The Labute approximate surface area is 158 Å². The van der Waals surface area contributed by atoms with Gasteiger partial charge in [0.15, 0.2) is 0 Å². The summed E-state index contributed by atoms with van der Waals surface area (Å²) < 4.78 is 29.7. The molecule has 0 amide bonds. The van der Waals surface area contributed by atoms with Crippen molar-refractivity contribution in [3.8, 4) is 5.75 Å². The van der Waals surface area contributed by atoms with E-state index < -0.39 is 13.0 Å². The van der Waals surface area contributed by atoms with Gasteiger partial charge in [-0.05, 0) is 46.9 Å². The second kappa shape index (κ2) is 7.65. The minimum Gasteiger partial charge on any atom is -0.488 e. The third-order valence-electron chi connectivity index (χ3n) is 5.28. The van der Waals surface area contributed by atoms with Crippen molar-refractivity contribution in [3.63, 3.8) is 0 Å². The second-order valence-electron chi connectivity index (χ2n) is 7.26. The minimum atomic E-state index is -2.46. The van der Waals surface area contributed by atoms with Crippen LogP contribution in [0.2, 0.25) is 0 Å². The molecule has 0 radical (unpaired) electrons. The highest BCUT2D eigenvalue weighted by Gasteiger charge is 2.44. The van der Waals surface area contributed by atoms with Gasteiger partial charge in [0.1, 0.15) is 12.4 Å². The van der Waals surface area contributed by atoms with Crippen LogP contribution in [0, 0.1) is 0 Å². The van der Waals surface area contributed by atoms with E-state index in [2.05, 4.69) is 47.8 Å². The summed E-state index contributed by atoms with van der Waals surface area (Å²) in [5, 5.41) is 6.17. The Morgan fingerprint density at radius 1 is 0.963 bits per heavy atom. The number of fused-ring (bicyclic) bond motifs is 1. The van der Waals surface area contributed by atoms with E-state index in [0.29, 0.717) is 12.3 Å². The highest BCUT2D eigenvalue weighted by Crippen LogP contribution is 2.49. The van der Waals surface area contributed by atoms with Crippen molar-refractivity contribution in [2.75, 3.05) is 13.2 Å². The van der Waals surface area contributed by atoms with Crippen LogP contribution < -0.4 is 10.1 Å². The van der Waals surface area contributed by atoms with Gasteiger partial charge in [0.05, 0.1) is 0 Å². The zero-order valence-electron chi connectivity index (χ0n) is 15.1.